The van der Waals surface area contributed by atoms with Crippen LogP contribution < -0.4 is 5.32 Å². The van der Waals surface area contributed by atoms with Gasteiger partial charge in [0, 0.05) is 30.3 Å². The maximum absolute atomic E-state index is 13.2. The lowest BCUT2D eigenvalue weighted by Crippen LogP contribution is -2.42. The summed E-state index contributed by atoms with van der Waals surface area (Å²) in [6, 6.07) is 3.35. The molecule has 0 saturated carbocycles. The SMILES string of the molecule is O=C(c1cc(F)cc(F)c1)N1C2CCNCC1CC2. The van der Waals surface area contributed by atoms with Gasteiger partial charge in [-0.3, -0.25) is 4.79 Å². The molecule has 102 valence electrons. The summed E-state index contributed by atoms with van der Waals surface area (Å²) in [6.45, 7) is 1.66. The second-order valence-electron chi connectivity index (χ2n) is 5.25. The predicted molar refractivity (Wildman–Crippen MR) is 66.8 cm³/mol. The number of rotatable bonds is 1. The Bertz CT molecular complexity index is 472. The molecule has 2 aliphatic heterocycles. The number of fused-ring (bicyclic) bond motifs is 2. The van der Waals surface area contributed by atoms with E-state index in [1.54, 1.807) is 0 Å². The van der Waals surface area contributed by atoms with Crippen molar-refractivity contribution in [2.24, 2.45) is 0 Å². The van der Waals surface area contributed by atoms with Gasteiger partial charge in [-0.25, -0.2) is 8.78 Å². The molecule has 2 aliphatic rings. The fraction of sp³-hybridized carbons (Fsp3) is 0.500. The molecule has 2 unspecified atom stereocenters. The minimum atomic E-state index is -0.705. The predicted octanol–water partition coefficient (Wildman–Crippen LogP) is 1.93. The molecule has 1 N–H and O–H groups in total. The molecule has 0 radical (unpaired) electrons. The van der Waals surface area contributed by atoms with Crippen molar-refractivity contribution in [1.82, 2.24) is 10.2 Å². The molecule has 19 heavy (non-hydrogen) atoms. The molecule has 0 aliphatic carbocycles. The molecular formula is C14H16F2N2O. The van der Waals surface area contributed by atoms with Crippen molar-refractivity contribution >= 4 is 5.91 Å². The first-order valence-electron chi connectivity index (χ1n) is 6.64. The summed E-state index contributed by atoms with van der Waals surface area (Å²) >= 11 is 0. The first-order valence-corrected chi connectivity index (χ1v) is 6.64. The minimum Gasteiger partial charge on any atom is -0.331 e. The first kappa shape index (κ1) is 12.5. The van der Waals surface area contributed by atoms with Crippen LogP contribution in [0, 0.1) is 11.6 Å². The van der Waals surface area contributed by atoms with E-state index in [1.807, 2.05) is 4.90 Å². The summed E-state index contributed by atoms with van der Waals surface area (Å²) in [4.78, 5) is 14.3. The van der Waals surface area contributed by atoms with Gasteiger partial charge in [-0.15, -0.1) is 0 Å². The van der Waals surface area contributed by atoms with Gasteiger partial charge in [0.2, 0.25) is 0 Å². The zero-order valence-corrected chi connectivity index (χ0v) is 10.5. The van der Waals surface area contributed by atoms with E-state index in [0.717, 1.165) is 50.6 Å². The highest BCUT2D eigenvalue weighted by molar-refractivity contribution is 5.95. The van der Waals surface area contributed by atoms with Crippen LogP contribution in [0.25, 0.3) is 0 Å². The summed E-state index contributed by atoms with van der Waals surface area (Å²) in [5.74, 6) is -1.66. The Morgan fingerprint density at radius 1 is 1.11 bits per heavy atom. The van der Waals surface area contributed by atoms with Crippen LogP contribution in [0.1, 0.15) is 29.6 Å². The topological polar surface area (TPSA) is 32.3 Å². The van der Waals surface area contributed by atoms with Crippen LogP contribution in [0.4, 0.5) is 8.78 Å². The van der Waals surface area contributed by atoms with Crippen molar-refractivity contribution in [3.63, 3.8) is 0 Å². The second kappa shape index (κ2) is 4.89. The highest BCUT2D eigenvalue weighted by Gasteiger charge is 2.38. The van der Waals surface area contributed by atoms with Crippen molar-refractivity contribution in [1.29, 1.82) is 0 Å². The lowest BCUT2D eigenvalue weighted by molar-refractivity contribution is 0.0679. The minimum absolute atomic E-state index is 0.108. The van der Waals surface area contributed by atoms with Crippen LogP contribution in [-0.2, 0) is 0 Å². The number of carbonyl (C=O) groups excluding carboxylic acids is 1. The summed E-state index contributed by atoms with van der Waals surface area (Å²) in [6.07, 6.45) is 2.84. The van der Waals surface area contributed by atoms with Gasteiger partial charge in [-0.1, -0.05) is 0 Å². The molecule has 2 saturated heterocycles. The number of hydrogen-bond donors (Lipinski definition) is 1. The van der Waals surface area contributed by atoms with Crippen LogP contribution in [0.2, 0.25) is 0 Å². The summed E-state index contributed by atoms with van der Waals surface area (Å²) in [7, 11) is 0. The highest BCUT2D eigenvalue weighted by atomic mass is 19.1. The van der Waals surface area contributed by atoms with Gasteiger partial charge in [-0.2, -0.15) is 0 Å². The van der Waals surface area contributed by atoms with Gasteiger partial charge >= 0.3 is 0 Å². The first-order chi connectivity index (χ1) is 9.15. The van der Waals surface area contributed by atoms with E-state index in [-0.39, 0.29) is 23.6 Å². The molecule has 1 aromatic rings. The zero-order valence-electron chi connectivity index (χ0n) is 10.5. The molecule has 2 heterocycles. The second-order valence-corrected chi connectivity index (χ2v) is 5.25. The van der Waals surface area contributed by atoms with Crippen molar-refractivity contribution in [3.05, 3.63) is 35.4 Å². The van der Waals surface area contributed by atoms with Gasteiger partial charge in [0.05, 0.1) is 0 Å². The van der Waals surface area contributed by atoms with Crippen LogP contribution in [0.5, 0.6) is 0 Å². The Morgan fingerprint density at radius 2 is 1.79 bits per heavy atom. The number of hydrogen-bond acceptors (Lipinski definition) is 2. The Balaban J connectivity index is 1.90. The molecule has 1 amide bonds. The Morgan fingerprint density at radius 3 is 2.53 bits per heavy atom. The summed E-state index contributed by atoms with van der Waals surface area (Å²) < 4.78 is 26.4. The molecule has 3 rings (SSSR count). The third kappa shape index (κ3) is 2.34. The van der Waals surface area contributed by atoms with Crippen LogP contribution in [0.3, 0.4) is 0 Å². The van der Waals surface area contributed by atoms with E-state index >= 15 is 0 Å². The van der Waals surface area contributed by atoms with E-state index in [0.29, 0.717) is 0 Å². The van der Waals surface area contributed by atoms with Crippen molar-refractivity contribution in [2.75, 3.05) is 13.1 Å². The molecule has 2 bridgehead atoms. The molecule has 5 heteroatoms. The standard InChI is InChI=1S/C14H16F2N2O/c15-10-5-9(6-11(16)7-10)14(19)18-12-1-2-13(18)8-17-4-3-12/h5-7,12-13,17H,1-4,8H2. The smallest absolute Gasteiger partial charge is 0.254 e. The van der Waals surface area contributed by atoms with Gasteiger partial charge in [0.25, 0.3) is 5.91 Å². The largest absolute Gasteiger partial charge is 0.331 e. The van der Waals surface area contributed by atoms with Crippen LogP contribution >= 0.6 is 0 Å². The molecule has 3 nitrogen and oxygen atoms in total. The van der Waals surface area contributed by atoms with Crippen LogP contribution in [-0.4, -0.2) is 36.0 Å². The average Bonchev–Trinajstić information content (AvgIpc) is 2.60. The lowest BCUT2D eigenvalue weighted by Gasteiger charge is -2.28. The van der Waals surface area contributed by atoms with Gasteiger partial charge in [-0.05, 0) is 37.9 Å². The van der Waals surface area contributed by atoms with Crippen LogP contribution in [0.15, 0.2) is 18.2 Å². The number of amides is 1. The van der Waals surface area contributed by atoms with Crippen molar-refractivity contribution in [2.45, 2.75) is 31.3 Å². The van der Waals surface area contributed by atoms with Gasteiger partial charge in [0.1, 0.15) is 11.6 Å². The maximum Gasteiger partial charge on any atom is 0.254 e. The normalized spacial score (nSPS) is 26.3. The Labute approximate surface area is 110 Å². The fourth-order valence-electron chi connectivity index (χ4n) is 3.14. The average molecular weight is 266 g/mol. The molecule has 1 aromatic carbocycles. The third-order valence-corrected chi connectivity index (χ3v) is 4.00. The molecule has 0 spiro atoms. The molecule has 2 atom stereocenters. The Hall–Kier alpha value is -1.49. The van der Waals surface area contributed by atoms with Crippen molar-refractivity contribution < 1.29 is 13.6 Å². The van der Waals surface area contributed by atoms with E-state index in [2.05, 4.69) is 5.32 Å². The zero-order chi connectivity index (χ0) is 13.4. The summed E-state index contributed by atoms with van der Waals surface area (Å²) in [5, 5.41) is 3.30. The maximum atomic E-state index is 13.2. The number of carbonyl (C=O) groups is 1. The third-order valence-electron chi connectivity index (χ3n) is 4.00. The fourth-order valence-corrected chi connectivity index (χ4v) is 3.14. The van der Waals surface area contributed by atoms with E-state index < -0.39 is 11.6 Å². The highest BCUT2D eigenvalue weighted by Crippen LogP contribution is 2.29. The molecular weight excluding hydrogens is 250 g/mol. The van der Waals surface area contributed by atoms with E-state index in [1.165, 1.54) is 0 Å². The van der Waals surface area contributed by atoms with E-state index in [9.17, 15) is 13.6 Å². The van der Waals surface area contributed by atoms with E-state index in [4.69, 9.17) is 0 Å². The summed E-state index contributed by atoms with van der Waals surface area (Å²) in [5.41, 5.74) is 0.108. The van der Waals surface area contributed by atoms with Crippen molar-refractivity contribution in [3.8, 4) is 0 Å². The quantitative estimate of drug-likeness (QED) is 0.842. The number of nitrogens with zero attached hydrogens (tertiary/aromatic N) is 1. The van der Waals surface area contributed by atoms with Gasteiger partial charge < -0.3 is 10.2 Å². The monoisotopic (exact) mass is 266 g/mol. The van der Waals surface area contributed by atoms with Gasteiger partial charge in [0.15, 0.2) is 0 Å². The lowest BCUT2D eigenvalue weighted by atomic mass is 10.1. The molecule has 0 aromatic heterocycles. The number of nitrogens with one attached hydrogen (secondary N) is 1. The molecule has 2 fully saturated rings. The Kier molecular flexibility index (Phi) is 3.22. The number of benzene rings is 1. The number of halogens is 2.